The van der Waals surface area contributed by atoms with Gasteiger partial charge in [0.15, 0.2) is 0 Å². The lowest BCUT2D eigenvalue weighted by molar-refractivity contribution is -0.114. The summed E-state index contributed by atoms with van der Waals surface area (Å²) in [6, 6.07) is 16.2. The molecule has 4 heteroatoms. The van der Waals surface area contributed by atoms with Crippen molar-refractivity contribution < 1.29 is 4.79 Å². The Morgan fingerprint density at radius 3 is 2.30 bits per heavy atom. The zero-order valence-electron chi connectivity index (χ0n) is 13.3. The van der Waals surface area contributed by atoms with Gasteiger partial charge in [-0.2, -0.15) is 0 Å². The molecule has 2 aromatic rings. The summed E-state index contributed by atoms with van der Waals surface area (Å²) in [6.45, 7) is 1.51. The third-order valence-corrected chi connectivity index (χ3v) is 3.90. The van der Waals surface area contributed by atoms with E-state index in [-0.39, 0.29) is 5.91 Å². The van der Waals surface area contributed by atoms with Crippen LogP contribution in [-0.4, -0.2) is 10.9 Å². The smallest absolute Gasteiger partial charge is 0.221 e. The number of rotatable bonds is 7. The first-order valence-corrected chi connectivity index (χ1v) is 8.21. The third kappa shape index (κ3) is 5.83. The molecule has 0 bridgehead atoms. The summed E-state index contributed by atoms with van der Waals surface area (Å²) in [6.07, 6.45) is 4.31. The zero-order chi connectivity index (χ0) is 16.7. The van der Waals surface area contributed by atoms with Crippen molar-refractivity contribution in [3.8, 4) is 0 Å². The molecular weight excluding hydrogens is 304 g/mol. The van der Waals surface area contributed by atoms with E-state index in [2.05, 4.69) is 29.6 Å². The van der Waals surface area contributed by atoms with E-state index in [0.29, 0.717) is 4.99 Å². The standard InChI is InChI=1S/C19H22N2OS/c1-14(22)21-18-11-9-15(10-12-18)5-2-3-6-16-7-4-8-17(13-16)19(20)23/h4,7-13H,2-3,5-6H2,1H3,(H2,20,23)(H,21,22). The topological polar surface area (TPSA) is 55.1 Å². The van der Waals surface area contributed by atoms with E-state index in [1.165, 1.54) is 18.1 Å². The Bertz CT molecular complexity index is 680. The fourth-order valence-electron chi connectivity index (χ4n) is 2.50. The van der Waals surface area contributed by atoms with Crippen LogP contribution in [0.15, 0.2) is 48.5 Å². The molecule has 1 amide bonds. The maximum absolute atomic E-state index is 11.0. The number of carbonyl (C=O) groups excluding carboxylic acids is 1. The summed E-state index contributed by atoms with van der Waals surface area (Å²) in [5, 5.41) is 2.78. The van der Waals surface area contributed by atoms with Gasteiger partial charge in [0.05, 0.1) is 0 Å². The van der Waals surface area contributed by atoms with Crippen molar-refractivity contribution in [2.45, 2.75) is 32.6 Å². The summed E-state index contributed by atoms with van der Waals surface area (Å²) in [5.41, 5.74) is 10.0. The molecule has 0 fully saturated rings. The predicted octanol–water partition coefficient (Wildman–Crippen LogP) is 3.84. The number of unbranched alkanes of at least 4 members (excludes halogenated alkanes) is 1. The molecule has 2 rings (SSSR count). The first-order valence-electron chi connectivity index (χ1n) is 7.80. The molecule has 3 nitrogen and oxygen atoms in total. The highest BCUT2D eigenvalue weighted by molar-refractivity contribution is 7.80. The van der Waals surface area contributed by atoms with Crippen LogP contribution in [0, 0.1) is 0 Å². The van der Waals surface area contributed by atoms with Gasteiger partial charge in [0.2, 0.25) is 5.91 Å². The minimum atomic E-state index is -0.0445. The van der Waals surface area contributed by atoms with Crippen molar-refractivity contribution in [3.63, 3.8) is 0 Å². The number of nitrogens with one attached hydrogen (secondary N) is 1. The van der Waals surface area contributed by atoms with Gasteiger partial charge in [0, 0.05) is 18.2 Å². The van der Waals surface area contributed by atoms with E-state index in [0.717, 1.165) is 36.9 Å². The van der Waals surface area contributed by atoms with Crippen LogP contribution in [0.2, 0.25) is 0 Å². The molecule has 0 spiro atoms. The molecule has 120 valence electrons. The molecule has 3 N–H and O–H groups in total. The van der Waals surface area contributed by atoms with E-state index in [1.54, 1.807) is 0 Å². The van der Waals surface area contributed by atoms with Crippen molar-refractivity contribution >= 4 is 28.8 Å². The second-order valence-electron chi connectivity index (χ2n) is 5.65. The highest BCUT2D eigenvalue weighted by atomic mass is 32.1. The molecule has 0 heterocycles. The number of aryl methyl sites for hydroxylation is 2. The number of hydrogen-bond donors (Lipinski definition) is 2. The highest BCUT2D eigenvalue weighted by Gasteiger charge is 2.00. The number of anilines is 1. The number of amides is 1. The predicted molar refractivity (Wildman–Crippen MR) is 99.7 cm³/mol. The van der Waals surface area contributed by atoms with Gasteiger partial charge < -0.3 is 11.1 Å². The number of benzene rings is 2. The quantitative estimate of drug-likeness (QED) is 0.600. The van der Waals surface area contributed by atoms with Gasteiger partial charge >= 0.3 is 0 Å². The van der Waals surface area contributed by atoms with Crippen molar-refractivity contribution in [2.75, 3.05) is 5.32 Å². The van der Waals surface area contributed by atoms with Gasteiger partial charge in [-0.05, 0) is 55.0 Å². The molecular formula is C19H22N2OS. The Morgan fingerprint density at radius 1 is 1.04 bits per heavy atom. The van der Waals surface area contributed by atoms with Crippen LogP contribution in [0.5, 0.6) is 0 Å². The lowest BCUT2D eigenvalue weighted by atomic mass is 10.0. The summed E-state index contributed by atoms with van der Waals surface area (Å²) < 4.78 is 0. The van der Waals surface area contributed by atoms with Crippen LogP contribution >= 0.6 is 12.2 Å². The molecule has 0 saturated heterocycles. The molecule has 0 saturated carbocycles. The third-order valence-electron chi connectivity index (χ3n) is 3.67. The largest absolute Gasteiger partial charge is 0.389 e. The van der Waals surface area contributed by atoms with E-state index in [4.69, 9.17) is 18.0 Å². The van der Waals surface area contributed by atoms with Gasteiger partial charge in [-0.15, -0.1) is 0 Å². The van der Waals surface area contributed by atoms with Crippen molar-refractivity contribution in [1.29, 1.82) is 0 Å². The molecule has 0 atom stereocenters. The van der Waals surface area contributed by atoms with Gasteiger partial charge in [0.1, 0.15) is 4.99 Å². The van der Waals surface area contributed by atoms with Crippen LogP contribution < -0.4 is 11.1 Å². The lowest BCUT2D eigenvalue weighted by Gasteiger charge is -2.06. The lowest BCUT2D eigenvalue weighted by Crippen LogP contribution is -2.09. The van der Waals surface area contributed by atoms with Crippen LogP contribution in [-0.2, 0) is 17.6 Å². The molecule has 0 aliphatic rings. The van der Waals surface area contributed by atoms with E-state index >= 15 is 0 Å². The Kier molecular flexibility index (Phi) is 6.29. The highest BCUT2D eigenvalue weighted by Crippen LogP contribution is 2.14. The summed E-state index contributed by atoms with van der Waals surface area (Å²) in [4.78, 5) is 11.4. The number of nitrogens with two attached hydrogens (primary N) is 1. The van der Waals surface area contributed by atoms with Crippen molar-refractivity contribution in [2.24, 2.45) is 5.73 Å². The van der Waals surface area contributed by atoms with E-state index < -0.39 is 0 Å². The summed E-state index contributed by atoms with van der Waals surface area (Å²) >= 11 is 5.01. The van der Waals surface area contributed by atoms with E-state index in [1.807, 2.05) is 24.3 Å². The molecule has 2 aromatic carbocycles. The molecule has 0 aliphatic heterocycles. The fraction of sp³-hybridized carbons (Fsp3) is 0.263. The molecule has 0 unspecified atom stereocenters. The second kappa shape index (κ2) is 8.44. The second-order valence-corrected chi connectivity index (χ2v) is 6.09. The summed E-state index contributed by atoms with van der Waals surface area (Å²) in [7, 11) is 0. The number of thiocarbonyl (C=S) groups is 1. The fourth-order valence-corrected chi connectivity index (χ4v) is 2.62. The number of hydrogen-bond acceptors (Lipinski definition) is 2. The minimum Gasteiger partial charge on any atom is -0.389 e. The zero-order valence-corrected chi connectivity index (χ0v) is 14.2. The van der Waals surface area contributed by atoms with Gasteiger partial charge in [-0.25, -0.2) is 0 Å². The average Bonchev–Trinajstić information content (AvgIpc) is 2.53. The Labute approximate surface area is 142 Å². The van der Waals surface area contributed by atoms with E-state index in [9.17, 15) is 4.79 Å². The summed E-state index contributed by atoms with van der Waals surface area (Å²) in [5.74, 6) is -0.0445. The van der Waals surface area contributed by atoms with Crippen molar-refractivity contribution in [1.82, 2.24) is 0 Å². The van der Waals surface area contributed by atoms with Crippen LogP contribution in [0.4, 0.5) is 5.69 Å². The maximum atomic E-state index is 11.0. The first-order chi connectivity index (χ1) is 11.0. The Balaban J connectivity index is 1.78. The van der Waals surface area contributed by atoms with Gasteiger partial charge in [0.25, 0.3) is 0 Å². The van der Waals surface area contributed by atoms with Crippen LogP contribution in [0.25, 0.3) is 0 Å². The van der Waals surface area contributed by atoms with Crippen LogP contribution in [0.1, 0.15) is 36.5 Å². The van der Waals surface area contributed by atoms with Gasteiger partial charge in [-0.1, -0.05) is 42.5 Å². The SMILES string of the molecule is CC(=O)Nc1ccc(CCCCc2cccc(C(N)=S)c2)cc1. The van der Waals surface area contributed by atoms with Crippen LogP contribution in [0.3, 0.4) is 0 Å². The average molecular weight is 326 g/mol. The Hall–Kier alpha value is -2.20. The first kappa shape index (κ1) is 17.2. The maximum Gasteiger partial charge on any atom is 0.221 e. The molecule has 23 heavy (non-hydrogen) atoms. The normalized spacial score (nSPS) is 10.3. The molecule has 0 aromatic heterocycles. The van der Waals surface area contributed by atoms with Gasteiger partial charge in [-0.3, -0.25) is 4.79 Å². The molecule has 0 radical (unpaired) electrons. The number of carbonyl (C=O) groups is 1. The monoisotopic (exact) mass is 326 g/mol. The molecule has 0 aliphatic carbocycles. The minimum absolute atomic E-state index is 0.0445. The van der Waals surface area contributed by atoms with Crippen molar-refractivity contribution in [3.05, 3.63) is 65.2 Å². The Morgan fingerprint density at radius 2 is 1.70 bits per heavy atom.